The lowest BCUT2D eigenvalue weighted by Gasteiger charge is -2.20. The highest BCUT2D eigenvalue weighted by atomic mass is 16.5. The van der Waals surface area contributed by atoms with E-state index in [1.807, 2.05) is 13.8 Å². The maximum atomic E-state index is 11.6. The maximum Gasteiger partial charge on any atom is 0.220 e. The van der Waals surface area contributed by atoms with Crippen molar-refractivity contribution in [1.29, 1.82) is 0 Å². The van der Waals surface area contributed by atoms with Crippen molar-refractivity contribution in [3.05, 3.63) is 0 Å². The number of ether oxygens (including phenoxy) is 1. The molecule has 1 amide bonds. The van der Waals surface area contributed by atoms with Crippen LogP contribution in [0.4, 0.5) is 0 Å². The minimum Gasteiger partial charge on any atom is -0.394 e. The van der Waals surface area contributed by atoms with Crippen molar-refractivity contribution in [2.24, 2.45) is 5.92 Å². The van der Waals surface area contributed by atoms with E-state index in [2.05, 4.69) is 5.32 Å². The normalized spacial score (nSPS) is 22.4. The number of carbonyl (C=O) groups is 1. The molecule has 0 aromatic rings. The molecule has 1 fully saturated rings. The van der Waals surface area contributed by atoms with Crippen molar-refractivity contribution in [3.63, 3.8) is 0 Å². The standard InChI is InChI=1S/C12H23NO3/c1-9(2)11(8-14)13-12(15)6-5-10-4-3-7-16-10/h9-11,14H,3-8H2,1-2H3,(H,13,15)/t10?,11-/m1/s1. The highest BCUT2D eigenvalue weighted by Gasteiger charge is 2.19. The van der Waals surface area contributed by atoms with Crippen LogP contribution in [0.2, 0.25) is 0 Å². The second-order valence-electron chi connectivity index (χ2n) is 4.77. The zero-order valence-corrected chi connectivity index (χ0v) is 10.2. The molecule has 1 aliphatic rings. The second-order valence-corrected chi connectivity index (χ2v) is 4.77. The highest BCUT2D eigenvalue weighted by molar-refractivity contribution is 5.76. The first-order valence-electron chi connectivity index (χ1n) is 6.15. The molecular formula is C12H23NO3. The maximum absolute atomic E-state index is 11.6. The molecule has 2 atom stereocenters. The first-order chi connectivity index (χ1) is 7.63. The Morgan fingerprint density at radius 1 is 1.56 bits per heavy atom. The third-order valence-corrected chi connectivity index (χ3v) is 3.07. The quantitative estimate of drug-likeness (QED) is 0.716. The molecule has 4 nitrogen and oxygen atoms in total. The Morgan fingerprint density at radius 3 is 2.81 bits per heavy atom. The van der Waals surface area contributed by atoms with Crippen LogP contribution in [0.15, 0.2) is 0 Å². The summed E-state index contributed by atoms with van der Waals surface area (Å²) in [5, 5.41) is 11.9. The summed E-state index contributed by atoms with van der Waals surface area (Å²) in [6.07, 6.45) is 3.73. The molecule has 0 saturated carbocycles. The highest BCUT2D eigenvalue weighted by Crippen LogP contribution is 2.16. The minimum atomic E-state index is -0.128. The van der Waals surface area contributed by atoms with E-state index in [1.54, 1.807) is 0 Å². The van der Waals surface area contributed by atoms with Gasteiger partial charge < -0.3 is 15.2 Å². The van der Waals surface area contributed by atoms with E-state index in [-0.39, 0.29) is 30.6 Å². The second kappa shape index (κ2) is 6.86. The molecule has 94 valence electrons. The van der Waals surface area contributed by atoms with Crippen LogP contribution in [0, 0.1) is 5.92 Å². The lowest BCUT2D eigenvalue weighted by atomic mass is 10.0. The van der Waals surface area contributed by atoms with Gasteiger partial charge in [-0.2, -0.15) is 0 Å². The van der Waals surface area contributed by atoms with E-state index < -0.39 is 0 Å². The topological polar surface area (TPSA) is 58.6 Å². The van der Waals surface area contributed by atoms with E-state index in [4.69, 9.17) is 9.84 Å². The summed E-state index contributed by atoms with van der Waals surface area (Å²) in [5.41, 5.74) is 0. The van der Waals surface area contributed by atoms with Crippen LogP contribution >= 0.6 is 0 Å². The molecule has 0 bridgehead atoms. The van der Waals surface area contributed by atoms with E-state index in [0.717, 1.165) is 25.9 Å². The van der Waals surface area contributed by atoms with Gasteiger partial charge in [0.1, 0.15) is 0 Å². The predicted molar refractivity (Wildman–Crippen MR) is 62.1 cm³/mol. The molecule has 0 spiro atoms. The van der Waals surface area contributed by atoms with Crippen LogP contribution in [0.1, 0.15) is 39.5 Å². The Hall–Kier alpha value is -0.610. The zero-order chi connectivity index (χ0) is 12.0. The van der Waals surface area contributed by atoms with Gasteiger partial charge in [0.15, 0.2) is 0 Å². The van der Waals surface area contributed by atoms with Crippen molar-refractivity contribution in [3.8, 4) is 0 Å². The van der Waals surface area contributed by atoms with Gasteiger partial charge in [-0.3, -0.25) is 4.79 Å². The van der Waals surface area contributed by atoms with Gasteiger partial charge in [-0.1, -0.05) is 13.8 Å². The summed E-state index contributed by atoms with van der Waals surface area (Å²) in [4.78, 5) is 11.6. The molecule has 1 aliphatic heterocycles. The predicted octanol–water partition coefficient (Wildman–Crippen LogP) is 1.08. The SMILES string of the molecule is CC(C)[C@@H](CO)NC(=O)CCC1CCCO1. The Balaban J connectivity index is 2.18. The van der Waals surface area contributed by atoms with Crippen LogP contribution in [-0.4, -0.2) is 36.4 Å². The van der Waals surface area contributed by atoms with Crippen LogP contribution in [-0.2, 0) is 9.53 Å². The molecule has 0 aliphatic carbocycles. The van der Waals surface area contributed by atoms with Gasteiger partial charge in [0.05, 0.1) is 18.8 Å². The smallest absolute Gasteiger partial charge is 0.220 e. The zero-order valence-electron chi connectivity index (χ0n) is 10.2. The molecule has 1 heterocycles. The van der Waals surface area contributed by atoms with E-state index >= 15 is 0 Å². The lowest BCUT2D eigenvalue weighted by molar-refractivity contribution is -0.123. The van der Waals surface area contributed by atoms with E-state index in [9.17, 15) is 4.79 Å². The molecule has 16 heavy (non-hydrogen) atoms. The monoisotopic (exact) mass is 229 g/mol. The molecule has 1 unspecified atom stereocenters. The van der Waals surface area contributed by atoms with Gasteiger partial charge in [-0.25, -0.2) is 0 Å². The van der Waals surface area contributed by atoms with Crippen molar-refractivity contribution in [2.45, 2.75) is 51.7 Å². The molecule has 0 aromatic heterocycles. The number of nitrogens with one attached hydrogen (secondary N) is 1. The molecule has 0 radical (unpaired) electrons. The van der Waals surface area contributed by atoms with Gasteiger partial charge >= 0.3 is 0 Å². The van der Waals surface area contributed by atoms with Crippen molar-refractivity contribution < 1.29 is 14.6 Å². The molecular weight excluding hydrogens is 206 g/mol. The van der Waals surface area contributed by atoms with Crippen LogP contribution in [0.5, 0.6) is 0 Å². The molecule has 1 saturated heterocycles. The fourth-order valence-corrected chi connectivity index (χ4v) is 1.87. The molecule has 1 rings (SSSR count). The van der Waals surface area contributed by atoms with Crippen LogP contribution < -0.4 is 5.32 Å². The third-order valence-electron chi connectivity index (χ3n) is 3.07. The Labute approximate surface area is 97.4 Å². The summed E-state index contributed by atoms with van der Waals surface area (Å²) >= 11 is 0. The third kappa shape index (κ3) is 4.49. The largest absolute Gasteiger partial charge is 0.394 e. The average Bonchev–Trinajstić information content (AvgIpc) is 2.75. The Bertz CT molecular complexity index is 212. The summed E-state index contributed by atoms with van der Waals surface area (Å²) < 4.78 is 5.45. The van der Waals surface area contributed by atoms with Gasteiger partial charge in [0, 0.05) is 13.0 Å². The van der Waals surface area contributed by atoms with Crippen LogP contribution in [0.3, 0.4) is 0 Å². The van der Waals surface area contributed by atoms with E-state index in [1.165, 1.54) is 0 Å². The first kappa shape index (κ1) is 13.5. The number of aliphatic hydroxyl groups is 1. The van der Waals surface area contributed by atoms with Crippen LogP contribution in [0.25, 0.3) is 0 Å². The molecule has 2 N–H and O–H groups in total. The van der Waals surface area contributed by atoms with Gasteiger partial charge in [0.2, 0.25) is 5.91 Å². The van der Waals surface area contributed by atoms with Gasteiger partial charge in [-0.15, -0.1) is 0 Å². The fourth-order valence-electron chi connectivity index (χ4n) is 1.87. The number of hydrogen-bond donors (Lipinski definition) is 2. The Kier molecular flexibility index (Phi) is 5.77. The number of amides is 1. The number of rotatable bonds is 6. The summed E-state index contributed by atoms with van der Waals surface area (Å²) in [5.74, 6) is 0.278. The summed E-state index contributed by atoms with van der Waals surface area (Å²) in [7, 11) is 0. The van der Waals surface area contributed by atoms with Crippen molar-refractivity contribution in [2.75, 3.05) is 13.2 Å². The number of carbonyl (C=O) groups excluding carboxylic acids is 1. The number of hydrogen-bond acceptors (Lipinski definition) is 3. The minimum absolute atomic E-state index is 0.00331. The number of aliphatic hydroxyl groups excluding tert-OH is 1. The molecule has 0 aromatic carbocycles. The van der Waals surface area contributed by atoms with E-state index in [0.29, 0.717) is 6.42 Å². The fraction of sp³-hybridized carbons (Fsp3) is 0.917. The van der Waals surface area contributed by atoms with Crippen molar-refractivity contribution in [1.82, 2.24) is 5.32 Å². The lowest BCUT2D eigenvalue weighted by Crippen LogP contribution is -2.41. The Morgan fingerprint density at radius 2 is 2.31 bits per heavy atom. The van der Waals surface area contributed by atoms with Gasteiger partial charge in [0.25, 0.3) is 0 Å². The van der Waals surface area contributed by atoms with Crippen molar-refractivity contribution >= 4 is 5.91 Å². The average molecular weight is 229 g/mol. The van der Waals surface area contributed by atoms with Gasteiger partial charge in [-0.05, 0) is 25.2 Å². The summed E-state index contributed by atoms with van der Waals surface area (Å²) in [6, 6.07) is -0.128. The molecule has 4 heteroatoms. The first-order valence-corrected chi connectivity index (χ1v) is 6.15. The summed E-state index contributed by atoms with van der Waals surface area (Å²) in [6.45, 7) is 4.81.